The predicted octanol–water partition coefficient (Wildman–Crippen LogP) is 8.36. The van der Waals surface area contributed by atoms with Gasteiger partial charge in [-0.1, -0.05) is 70.7 Å². The van der Waals surface area contributed by atoms with Crippen molar-refractivity contribution in [2.24, 2.45) is 0 Å². The number of benzene rings is 2. The van der Waals surface area contributed by atoms with E-state index in [-0.39, 0.29) is 0 Å². The van der Waals surface area contributed by atoms with Crippen LogP contribution in [0.25, 0.3) is 16.9 Å². The quantitative estimate of drug-likeness (QED) is 0.267. The van der Waals surface area contributed by atoms with Gasteiger partial charge >= 0.3 is 0 Å². The number of unbranched alkanes of at least 4 members (excludes halogenated alkanes) is 4. The largest absolute Gasteiger partial charge is 0.493 e. The second-order valence-corrected chi connectivity index (χ2v) is 8.38. The van der Waals surface area contributed by atoms with E-state index < -0.39 is 0 Å². The van der Waals surface area contributed by atoms with Crippen LogP contribution in [0, 0.1) is 0 Å². The van der Waals surface area contributed by atoms with Crippen LogP contribution < -0.4 is 0 Å². The molecule has 30 heavy (non-hydrogen) atoms. The highest BCUT2D eigenvalue weighted by molar-refractivity contribution is 5.78. The van der Waals surface area contributed by atoms with E-state index in [1.54, 1.807) is 0 Å². The molecule has 2 aromatic rings. The summed E-state index contributed by atoms with van der Waals surface area (Å²) in [6.45, 7) is 6.64. The smallest absolute Gasteiger partial charge is 0.210 e. The van der Waals surface area contributed by atoms with Gasteiger partial charge in [0, 0.05) is 22.8 Å². The van der Waals surface area contributed by atoms with E-state index in [0.717, 1.165) is 54.6 Å². The molecule has 0 bridgehead atoms. The Kier molecular flexibility index (Phi) is 8.19. The van der Waals surface area contributed by atoms with Crippen molar-refractivity contribution in [3.63, 3.8) is 0 Å². The van der Waals surface area contributed by atoms with Crippen molar-refractivity contribution in [2.75, 3.05) is 0 Å². The molecule has 1 aliphatic rings. The fourth-order valence-electron chi connectivity index (χ4n) is 4.20. The molecule has 0 N–H and O–H groups in total. The lowest BCUT2D eigenvalue weighted by molar-refractivity contribution is -0.344. The molecule has 0 aromatic heterocycles. The summed E-state index contributed by atoms with van der Waals surface area (Å²) in [5.41, 5.74) is 19.2. The van der Waals surface area contributed by atoms with Gasteiger partial charge in [0.15, 0.2) is 0 Å². The molecule has 2 heteroatoms. The number of allylic oxidation sites excluding steroid dienone is 2. The monoisotopic (exact) mass is 400 g/mol. The zero-order valence-corrected chi connectivity index (χ0v) is 19.0. The minimum Gasteiger partial charge on any atom is -0.493 e. The van der Waals surface area contributed by atoms with Gasteiger partial charge in [0.1, 0.15) is 0 Å². The third-order valence-corrected chi connectivity index (χ3v) is 6.01. The lowest BCUT2D eigenvalue weighted by Crippen LogP contribution is -2.03. The van der Waals surface area contributed by atoms with Crippen LogP contribution in [0.2, 0.25) is 0 Å². The molecular weight excluding hydrogens is 364 g/mol. The maximum absolute atomic E-state index is 11.2. The van der Waals surface area contributed by atoms with Crippen LogP contribution >= 0.6 is 0 Å². The third-order valence-electron chi connectivity index (χ3n) is 6.01. The zero-order valence-electron chi connectivity index (χ0n) is 19.0. The maximum Gasteiger partial charge on any atom is 0.210 e. The van der Waals surface area contributed by atoms with Crippen LogP contribution in [0.3, 0.4) is 0 Å². The van der Waals surface area contributed by atoms with Crippen molar-refractivity contribution in [1.29, 1.82) is 0 Å². The minimum absolute atomic E-state index is 0.889. The second-order valence-electron chi connectivity index (χ2n) is 8.38. The van der Waals surface area contributed by atoms with Crippen molar-refractivity contribution in [3.05, 3.63) is 88.0 Å². The van der Waals surface area contributed by atoms with Crippen LogP contribution in [0.15, 0.2) is 60.2 Å². The Labute approximate surface area is 182 Å². The summed E-state index contributed by atoms with van der Waals surface area (Å²) in [4.78, 5) is 0. The van der Waals surface area contributed by atoms with Gasteiger partial charge in [-0.25, -0.2) is 4.70 Å². The molecule has 0 amide bonds. The lowest BCUT2D eigenvalue weighted by atomic mass is 9.99. The van der Waals surface area contributed by atoms with Gasteiger partial charge in [-0.3, -0.25) is 0 Å². The van der Waals surface area contributed by atoms with Gasteiger partial charge in [-0.15, -0.1) is 0 Å². The molecule has 1 heterocycles. The average molecular weight is 401 g/mol. The first-order chi connectivity index (χ1) is 14.7. The number of hydrogen-bond acceptors (Lipinski definition) is 0. The summed E-state index contributed by atoms with van der Waals surface area (Å²) in [5, 5.41) is 0. The van der Waals surface area contributed by atoms with Crippen LogP contribution in [0.1, 0.15) is 88.0 Å². The predicted molar refractivity (Wildman–Crippen MR) is 128 cm³/mol. The molecule has 0 saturated carbocycles. The van der Waals surface area contributed by atoms with Crippen molar-refractivity contribution >= 4 is 11.4 Å². The minimum atomic E-state index is 0.889. The second kappa shape index (κ2) is 11.1. The Bertz CT molecular complexity index is 933. The van der Waals surface area contributed by atoms with Crippen LogP contribution in [-0.2, 0) is 12.8 Å². The normalized spacial score (nSPS) is 13.8. The van der Waals surface area contributed by atoms with Gasteiger partial charge < -0.3 is 5.53 Å². The highest BCUT2D eigenvalue weighted by Crippen LogP contribution is 2.37. The Morgan fingerprint density at radius 1 is 0.733 bits per heavy atom. The summed E-state index contributed by atoms with van der Waals surface area (Å²) < 4.78 is 1.43. The first kappa shape index (κ1) is 22.2. The standard InChI is InChI=1S/C28H36N2/c1-4-7-9-10-13-23-15-12-18-25(20-23)28-26(16-8-5-2)21-27(30(28)29)24-17-11-14-22(6-3)19-24/h11-12,14-15,17-21H,4-10,13,16H2,1-3H3. The van der Waals surface area contributed by atoms with E-state index in [1.165, 1.54) is 47.1 Å². The molecule has 0 fully saturated rings. The van der Waals surface area contributed by atoms with E-state index in [2.05, 4.69) is 75.4 Å². The molecule has 0 spiro atoms. The van der Waals surface area contributed by atoms with Crippen molar-refractivity contribution in [1.82, 2.24) is 0 Å². The molecule has 0 unspecified atom stereocenters. The summed E-state index contributed by atoms with van der Waals surface area (Å²) in [6.07, 6.45) is 12.6. The third kappa shape index (κ3) is 5.36. The van der Waals surface area contributed by atoms with Gasteiger partial charge in [0.05, 0.1) is 0 Å². The molecule has 0 radical (unpaired) electrons. The van der Waals surface area contributed by atoms with Crippen molar-refractivity contribution < 1.29 is 4.70 Å². The number of hydrogen-bond donors (Lipinski definition) is 0. The molecule has 158 valence electrons. The zero-order chi connectivity index (χ0) is 21.3. The Morgan fingerprint density at radius 2 is 1.43 bits per heavy atom. The molecule has 2 nitrogen and oxygen atoms in total. The van der Waals surface area contributed by atoms with Crippen molar-refractivity contribution in [2.45, 2.75) is 78.6 Å². The lowest BCUT2D eigenvalue weighted by Gasteiger charge is -2.11. The first-order valence-corrected chi connectivity index (χ1v) is 11.8. The van der Waals surface area contributed by atoms with Gasteiger partial charge in [0.25, 0.3) is 0 Å². The SMILES string of the molecule is CCCCCCc1cccc(C2=C(CCCC)C=C(c3cccc(CC)c3)[N+]2=[N-])c1. The molecule has 2 aromatic carbocycles. The van der Waals surface area contributed by atoms with E-state index in [9.17, 15) is 5.53 Å². The summed E-state index contributed by atoms with van der Waals surface area (Å²) in [7, 11) is 0. The number of aryl methyl sites for hydroxylation is 2. The van der Waals surface area contributed by atoms with Crippen LogP contribution in [0.5, 0.6) is 0 Å². The molecule has 0 atom stereocenters. The molecular formula is C28H36N2. The highest BCUT2D eigenvalue weighted by Gasteiger charge is 2.28. The topological polar surface area (TPSA) is 25.3 Å². The first-order valence-electron chi connectivity index (χ1n) is 11.8. The Balaban J connectivity index is 1.89. The van der Waals surface area contributed by atoms with E-state index in [1.807, 2.05) is 0 Å². The number of rotatable bonds is 11. The van der Waals surface area contributed by atoms with E-state index in [4.69, 9.17) is 0 Å². The van der Waals surface area contributed by atoms with Gasteiger partial charge in [-0.2, -0.15) is 0 Å². The fourth-order valence-corrected chi connectivity index (χ4v) is 4.20. The Hall–Kier alpha value is -2.48. The van der Waals surface area contributed by atoms with Gasteiger partial charge in [-0.05, 0) is 67.5 Å². The van der Waals surface area contributed by atoms with E-state index >= 15 is 0 Å². The summed E-state index contributed by atoms with van der Waals surface area (Å²) in [5.74, 6) is 0. The highest BCUT2D eigenvalue weighted by atomic mass is 15.2. The van der Waals surface area contributed by atoms with Crippen LogP contribution in [0.4, 0.5) is 0 Å². The molecule has 3 rings (SSSR count). The van der Waals surface area contributed by atoms with Gasteiger partial charge in [0.2, 0.25) is 11.4 Å². The van der Waals surface area contributed by atoms with Crippen molar-refractivity contribution in [3.8, 4) is 0 Å². The number of nitrogens with zero attached hydrogens (tertiary/aromatic N) is 2. The molecule has 0 aliphatic carbocycles. The molecule has 1 aliphatic heterocycles. The molecule has 0 saturated heterocycles. The van der Waals surface area contributed by atoms with E-state index in [0.29, 0.717) is 0 Å². The summed E-state index contributed by atoms with van der Waals surface area (Å²) in [6, 6.07) is 17.3. The fraction of sp³-hybridized carbons (Fsp3) is 0.429. The Morgan fingerprint density at radius 3 is 2.17 bits per heavy atom. The summed E-state index contributed by atoms with van der Waals surface area (Å²) >= 11 is 0. The van der Waals surface area contributed by atoms with Crippen LogP contribution in [-0.4, -0.2) is 4.70 Å². The average Bonchev–Trinajstić information content (AvgIpc) is 3.11. The maximum atomic E-state index is 11.2.